The normalized spacial score (nSPS) is 12.5. The van der Waals surface area contributed by atoms with Crippen LogP contribution in [0.1, 0.15) is 51.9 Å². The van der Waals surface area contributed by atoms with E-state index in [1.54, 1.807) is 0 Å². The summed E-state index contributed by atoms with van der Waals surface area (Å²) in [5.41, 5.74) is 0.418. The summed E-state index contributed by atoms with van der Waals surface area (Å²) in [6.45, 7) is 9.75. The zero-order valence-corrected chi connectivity index (χ0v) is 8.94. The van der Waals surface area contributed by atoms with Crippen LogP contribution in [0.3, 0.4) is 0 Å². The van der Waals surface area contributed by atoms with Crippen LogP contribution in [0.2, 0.25) is 0 Å². The molecule has 0 radical (unpaired) electrons. The van der Waals surface area contributed by atoms with Gasteiger partial charge in [-0.15, -0.1) is 0 Å². The maximum atomic E-state index is 13.7. The summed E-state index contributed by atoms with van der Waals surface area (Å²) < 4.78 is 18.9. The van der Waals surface area contributed by atoms with Crippen molar-refractivity contribution in [3.05, 3.63) is 23.4 Å². The van der Waals surface area contributed by atoms with Crippen molar-refractivity contribution in [3.8, 4) is 0 Å². The SMILES string of the molecule is CC(C)c1coc(C(C)(C)C)c1F. The first-order valence-corrected chi connectivity index (χ1v) is 4.61. The first-order chi connectivity index (χ1) is 5.84. The van der Waals surface area contributed by atoms with Crippen molar-refractivity contribution in [2.24, 2.45) is 0 Å². The first-order valence-electron chi connectivity index (χ1n) is 4.61. The zero-order valence-electron chi connectivity index (χ0n) is 8.94. The third-order valence-electron chi connectivity index (χ3n) is 2.06. The van der Waals surface area contributed by atoms with Gasteiger partial charge in [0.2, 0.25) is 0 Å². The van der Waals surface area contributed by atoms with Gasteiger partial charge in [-0.2, -0.15) is 0 Å². The molecule has 0 aliphatic rings. The standard InChI is InChI=1S/C11H17FO/c1-7(2)8-6-13-10(9(8)12)11(3,4)5/h6-7H,1-5H3. The minimum Gasteiger partial charge on any atom is -0.465 e. The molecule has 0 amide bonds. The number of hydrogen-bond donors (Lipinski definition) is 0. The van der Waals surface area contributed by atoms with Gasteiger partial charge in [-0.1, -0.05) is 34.6 Å². The van der Waals surface area contributed by atoms with Gasteiger partial charge in [0, 0.05) is 11.0 Å². The highest BCUT2D eigenvalue weighted by Crippen LogP contribution is 2.31. The van der Waals surface area contributed by atoms with Crippen LogP contribution in [0, 0.1) is 5.82 Å². The van der Waals surface area contributed by atoms with Crippen molar-refractivity contribution in [2.45, 2.75) is 46.0 Å². The molecule has 1 heterocycles. The highest BCUT2D eigenvalue weighted by Gasteiger charge is 2.25. The Kier molecular flexibility index (Phi) is 2.51. The Balaban J connectivity index is 3.14. The van der Waals surface area contributed by atoms with E-state index in [9.17, 15) is 4.39 Å². The summed E-state index contributed by atoms with van der Waals surface area (Å²) in [5.74, 6) is 0.457. The van der Waals surface area contributed by atoms with Crippen LogP contribution >= 0.6 is 0 Å². The maximum absolute atomic E-state index is 13.7. The van der Waals surface area contributed by atoms with E-state index in [2.05, 4.69) is 0 Å². The summed E-state index contributed by atoms with van der Waals surface area (Å²) in [6.07, 6.45) is 1.53. The quantitative estimate of drug-likeness (QED) is 0.646. The van der Waals surface area contributed by atoms with Crippen molar-refractivity contribution < 1.29 is 8.81 Å². The van der Waals surface area contributed by atoms with Gasteiger partial charge < -0.3 is 4.42 Å². The summed E-state index contributed by atoms with van der Waals surface area (Å²) in [7, 11) is 0. The topological polar surface area (TPSA) is 13.1 Å². The van der Waals surface area contributed by atoms with E-state index in [0.29, 0.717) is 11.3 Å². The summed E-state index contributed by atoms with van der Waals surface area (Å²) >= 11 is 0. The van der Waals surface area contributed by atoms with E-state index in [4.69, 9.17) is 4.42 Å². The molecule has 2 heteroatoms. The van der Waals surface area contributed by atoms with Gasteiger partial charge in [0.25, 0.3) is 0 Å². The molecule has 0 saturated heterocycles. The molecule has 0 unspecified atom stereocenters. The van der Waals surface area contributed by atoms with Gasteiger partial charge in [0.15, 0.2) is 5.82 Å². The smallest absolute Gasteiger partial charge is 0.168 e. The highest BCUT2D eigenvalue weighted by atomic mass is 19.1. The largest absolute Gasteiger partial charge is 0.465 e. The Bertz CT molecular complexity index is 292. The van der Waals surface area contributed by atoms with E-state index in [1.165, 1.54) is 6.26 Å². The van der Waals surface area contributed by atoms with Crippen molar-refractivity contribution in [3.63, 3.8) is 0 Å². The molecule has 1 aromatic heterocycles. The maximum Gasteiger partial charge on any atom is 0.168 e. The molecule has 0 N–H and O–H groups in total. The molecule has 0 fully saturated rings. The molecule has 1 aromatic rings. The van der Waals surface area contributed by atoms with Crippen LogP contribution in [0.4, 0.5) is 4.39 Å². The second kappa shape index (κ2) is 3.17. The van der Waals surface area contributed by atoms with Crippen molar-refractivity contribution >= 4 is 0 Å². The lowest BCUT2D eigenvalue weighted by molar-refractivity contribution is 0.381. The minimum absolute atomic E-state index is 0.178. The van der Waals surface area contributed by atoms with Crippen molar-refractivity contribution in [1.82, 2.24) is 0 Å². The number of furan rings is 1. The van der Waals surface area contributed by atoms with Crippen LogP contribution < -0.4 is 0 Å². The monoisotopic (exact) mass is 184 g/mol. The Morgan fingerprint density at radius 1 is 1.31 bits per heavy atom. The van der Waals surface area contributed by atoms with Crippen LogP contribution in [0.15, 0.2) is 10.7 Å². The van der Waals surface area contributed by atoms with E-state index in [-0.39, 0.29) is 17.2 Å². The van der Waals surface area contributed by atoms with Gasteiger partial charge in [-0.25, -0.2) is 4.39 Å². The van der Waals surface area contributed by atoms with Gasteiger partial charge in [0.05, 0.1) is 6.26 Å². The predicted octanol–water partition coefficient (Wildman–Crippen LogP) is 3.84. The molecule has 1 rings (SSSR count). The molecule has 0 aliphatic carbocycles. The third kappa shape index (κ3) is 1.93. The minimum atomic E-state index is -0.253. The molecule has 13 heavy (non-hydrogen) atoms. The Morgan fingerprint density at radius 3 is 2.08 bits per heavy atom. The second-order valence-corrected chi connectivity index (χ2v) is 4.74. The van der Waals surface area contributed by atoms with Crippen LogP contribution in [0.25, 0.3) is 0 Å². The predicted molar refractivity (Wildman–Crippen MR) is 51.5 cm³/mol. The molecule has 0 bridgehead atoms. The number of hydrogen-bond acceptors (Lipinski definition) is 1. The summed E-state index contributed by atoms with van der Waals surface area (Å²) in [6, 6.07) is 0. The first kappa shape index (κ1) is 10.3. The van der Waals surface area contributed by atoms with E-state index in [1.807, 2.05) is 34.6 Å². The highest BCUT2D eigenvalue weighted by molar-refractivity contribution is 5.23. The van der Waals surface area contributed by atoms with Gasteiger partial charge in [-0.05, 0) is 5.92 Å². The summed E-state index contributed by atoms with van der Waals surface area (Å²) in [5, 5.41) is 0. The fraction of sp³-hybridized carbons (Fsp3) is 0.636. The lowest BCUT2D eigenvalue weighted by Gasteiger charge is -2.14. The van der Waals surface area contributed by atoms with Gasteiger partial charge in [-0.3, -0.25) is 0 Å². The Morgan fingerprint density at radius 2 is 1.85 bits per heavy atom. The molecular weight excluding hydrogens is 167 g/mol. The Hall–Kier alpha value is -0.790. The second-order valence-electron chi connectivity index (χ2n) is 4.74. The fourth-order valence-electron chi connectivity index (χ4n) is 1.25. The van der Waals surface area contributed by atoms with E-state index in [0.717, 1.165) is 0 Å². The summed E-state index contributed by atoms with van der Waals surface area (Å²) in [4.78, 5) is 0. The number of halogens is 1. The molecule has 0 aromatic carbocycles. The third-order valence-corrected chi connectivity index (χ3v) is 2.06. The van der Waals surface area contributed by atoms with Gasteiger partial charge >= 0.3 is 0 Å². The fourth-order valence-corrected chi connectivity index (χ4v) is 1.25. The van der Waals surface area contributed by atoms with Crippen molar-refractivity contribution in [1.29, 1.82) is 0 Å². The number of rotatable bonds is 1. The molecular formula is C11H17FO. The van der Waals surface area contributed by atoms with Crippen LogP contribution in [0.5, 0.6) is 0 Å². The van der Waals surface area contributed by atoms with Gasteiger partial charge in [0.1, 0.15) is 5.76 Å². The average molecular weight is 184 g/mol. The molecule has 0 spiro atoms. The lowest BCUT2D eigenvalue weighted by Crippen LogP contribution is -2.12. The molecule has 74 valence electrons. The van der Waals surface area contributed by atoms with Crippen LogP contribution in [-0.2, 0) is 5.41 Å². The lowest BCUT2D eigenvalue weighted by atomic mass is 9.91. The zero-order chi connectivity index (χ0) is 10.2. The molecule has 0 aliphatic heterocycles. The molecule has 1 nitrogen and oxygen atoms in total. The van der Waals surface area contributed by atoms with E-state index < -0.39 is 0 Å². The van der Waals surface area contributed by atoms with E-state index >= 15 is 0 Å². The van der Waals surface area contributed by atoms with Crippen molar-refractivity contribution in [2.75, 3.05) is 0 Å². The molecule has 0 atom stereocenters. The molecule has 0 saturated carbocycles. The average Bonchev–Trinajstić information content (AvgIpc) is 2.28. The Labute approximate surface area is 78.9 Å². The van der Waals surface area contributed by atoms with Crippen LogP contribution in [-0.4, -0.2) is 0 Å².